The molecule has 0 unspecified atom stereocenters. The van der Waals surface area contributed by atoms with Crippen molar-refractivity contribution >= 4 is 29.3 Å². The monoisotopic (exact) mass is 416 g/mol. The average molecular weight is 417 g/mol. The molecule has 1 aromatic heterocycles. The third-order valence-electron chi connectivity index (χ3n) is 4.17. The number of hydrogen-bond acceptors (Lipinski definition) is 5. The Balaban J connectivity index is 1.50. The van der Waals surface area contributed by atoms with Gasteiger partial charge in [-0.1, -0.05) is 47.6 Å². The van der Waals surface area contributed by atoms with Crippen LogP contribution in [0.2, 0.25) is 5.02 Å². The van der Waals surface area contributed by atoms with E-state index in [1.54, 1.807) is 18.9 Å². The summed E-state index contributed by atoms with van der Waals surface area (Å²) in [5.41, 5.74) is 2.09. The molecule has 0 aliphatic carbocycles. The molecule has 1 heterocycles. The van der Waals surface area contributed by atoms with Crippen molar-refractivity contribution in [3.63, 3.8) is 0 Å². The molecule has 1 amide bonds. The van der Waals surface area contributed by atoms with Gasteiger partial charge in [0.1, 0.15) is 5.75 Å². The Morgan fingerprint density at radius 3 is 2.46 bits per heavy atom. The third kappa shape index (κ3) is 5.50. The van der Waals surface area contributed by atoms with Crippen LogP contribution in [0, 0.1) is 0 Å². The van der Waals surface area contributed by atoms with E-state index in [9.17, 15) is 4.79 Å². The van der Waals surface area contributed by atoms with Gasteiger partial charge in [-0.15, -0.1) is 10.2 Å². The van der Waals surface area contributed by atoms with Gasteiger partial charge in [-0.05, 0) is 35.4 Å². The van der Waals surface area contributed by atoms with E-state index in [4.69, 9.17) is 16.3 Å². The van der Waals surface area contributed by atoms with Gasteiger partial charge in [-0.2, -0.15) is 0 Å². The third-order valence-corrected chi connectivity index (χ3v) is 5.52. The molecule has 0 bridgehead atoms. The van der Waals surface area contributed by atoms with Crippen LogP contribution in [-0.2, 0) is 30.6 Å². The number of aromatic nitrogens is 3. The van der Waals surface area contributed by atoms with Crippen molar-refractivity contribution in [1.82, 2.24) is 20.1 Å². The average Bonchev–Trinajstić information content (AvgIpc) is 3.06. The van der Waals surface area contributed by atoms with E-state index >= 15 is 0 Å². The fraction of sp³-hybridized carbons (Fsp3) is 0.250. The highest BCUT2D eigenvalue weighted by Gasteiger charge is 2.11. The van der Waals surface area contributed by atoms with Crippen molar-refractivity contribution in [2.45, 2.75) is 23.9 Å². The minimum atomic E-state index is -0.0662. The fourth-order valence-corrected chi connectivity index (χ4v) is 3.53. The number of nitrogens with zero attached hydrogens (tertiary/aromatic N) is 3. The van der Waals surface area contributed by atoms with Gasteiger partial charge in [0.05, 0.1) is 20.1 Å². The van der Waals surface area contributed by atoms with E-state index in [0.29, 0.717) is 18.8 Å². The Morgan fingerprint density at radius 2 is 1.79 bits per heavy atom. The molecule has 146 valence electrons. The first kappa shape index (κ1) is 20.2. The second-order valence-corrected chi connectivity index (χ2v) is 7.55. The van der Waals surface area contributed by atoms with Crippen LogP contribution < -0.4 is 10.1 Å². The van der Waals surface area contributed by atoms with E-state index < -0.39 is 0 Å². The van der Waals surface area contributed by atoms with Crippen molar-refractivity contribution in [3.05, 3.63) is 70.5 Å². The summed E-state index contributed by atoms with van der Waals surface area (Å²) in [4.78, 5) is 12.2. The standard InChI is InChI=1S/C20H21ClN4O2S/c1-25-18(12-22-19(26)11-14-5-9-17(27-2)10-6-14)23-24-20(25)28-13-15-3-7-16(21)8-4-15/h3-10H,11-13H2,1-2H3,(H,22,26). The Hall–Kier alpha value is -2.51. The summed E-state index contributed by atoms with van der Waals surface area (Å²) >= 11 is 7.50. The normalized spacial score (nSPS) is 10.7. The molecular weight excluding hydrogens is 396 g/mol. The molecule has 2 aromatic carbocycles. The summed E-state index contributed by atoms with van der Waals surface area (Å²) in [5.74, 6) is 2.18. The summed E-state index contributed by atoms with van der Waals surface area (Å²) in [5, 5.41) is 12.8. The fourth-order valence-electron chi connectivity index (χ4n) is 2.52. The number of ether oxygens (including phenoxy) is 1. The topological polar surface area (TPSA) is 69.0 Å². The molecule has 0 aliphatic rings. The van der Waals surface area contributed by atoms with Crippen LogP contribution in [0.5, 0.6) is 5.75 Å². The lowest BCUT2D eigenvalue weighted by atomic mass is 10.1. The minimum absolute atomic E-state index is 0.0662. The van der Waals surface area contributed by atoms with Gasteiger partial charge in [-0.3, -0.25) is 4.79 Å². The summed E-state index contributed by atoms with van der Waals surface area (Å²) in [7, 11) is 3.51. The van der Waals surface area contributed by atoms with E-state index in [-0.39, 0.29) is 5.91 Å². The molecule has 0 radical (unpaired) electrons. The maximum atomic E-state index is 12.2. The first-order chi connectivity index (χ1) is 13.5. The van der Waals surface area contributed by atoms with Gasteiger partial charge in [0.2, 0.25) is 5.91 Å². The largest absolute Gasteiger partial charge is 0.497 e. The number of carbonyl (C=O) groups is 1. The molecule has 3 rings (SSSR count). The SMILES string of the molecule is COc1ccc(CC(=O)NCc2nnc(SCc3ccc(Cl)cc3)n2C)cc1. The molecule has 8 heteroatoms. The number of halogens is 1. The number of amides is 1. The number of rotatable bonds is 8. The summed E-state index contributed by atoms with van der Waals surface area (Å²) in [6.07, 6.45) is 0.306. The lowest BCUT2D eigenvalue weighted by Gasteiger charge is -2.07. The van der Waals surface area contributed by atoms with Gasteiger partial charge in [0.15, 0.2) is 11.0 Å². The molecule has 1 N–H and O–H groups in total. The number of carbonyl (C=O) groups excluding carboxylic acids is 1. The predicted molar refractivity (Wildman–Crippen MR) is 111 cm³/mol. The second-order valence-electron chi connectivity index (χ2n) is 6.17. The molecular formula is C20H21ClN4O2S. The zero-order valence-corrected chi connectivity index (χ0v) is 17.3. The highest BCUT2D eigenvalue weighted by atomic mass is 35.5. The Labute approximate surface area is 173 Å². The van der Waals surface area contributed by atoms with Crippen molar-refractivity contribution in [1.29, 1.82) is 0 Å². The maximum absolute atomic E-state index is 12.2. The summed E-state index contributed by atoms with van der Waals surface area (Å²) < 4.78 is 7.02. The van der Waals surface area contributed by atoms with Crippen molar-refractivity contribution < 1.29 is 9.53 Å². The molecule has 0 saturated heterocycles. The van der Waals surface area contributed by atoms with E-state index in [0.717, 1.165) is 32.8 Å². The lowest BCUT2D eigenvalue weighted by Crippen LogP contribution is -2.26. The zero-order chi connectivity index (χ0) is 19.9. The lowest BCUT2D eigenvalue weighted by molar-refractivity contribution is -0.120. The van der Waals surface area contributed by atoms with Crippen LogP contribution in [0.4, 0.5) is 0 Å². The van der Waals surface area contributed by atoms with Crippen LogP contribution in [-0.4, -0.2) is 27.8 Å². The first-order valence-electron chi connectivity index (χ1n) is 8.70. The summed E-state index contributed by atoms with van der Waals surface area (Å²) in [6.45, 7) is 0.333. The highest BCUT2D eigenvalue weighted by molar-refractivity contribution is 7.98. The van der Waals surface area contributed by atoms with Crippen LogP contribution in [0.25, 0.3) is 0 Å². The van der Waals surface area contributed by atoms with Gasteiger partial charge in [0, 0.05) is 17.8 Å². The van der Waals surface area contributed by atoms with E-state index in [2.05, 4.69) is 15.5 Å². The number of methoxy groups -OCH3 is 1. The number of nitrogens with one attached hydrogen (secondary N) is 1. The Bertz CT molecular complexity index is 926. The molecule has 3 aromatic rings. The quantitative estimate of drug-likeness (QED) is 0.568. The number of thioether (sulfide) groups is 1. The van der Waals surface area contributed by atoms with Crippen molar-refractivity contribution in [3.8, 4) is 5.75 Å². The highest BCUT2D eigenvalue weighted by Crippen LogP contribution is 2.22. The summed E-state index contributed by atoms with van der Waals surface area (Å²) in [6, 6.07) is 15.2. The number of benzene rings is 2. The maximum Gasteiger partial charge on any atom is 0.224 e. The molecule has 0 spiro atoms. The van der Waals surface area contributed by atoms with E-state index in [1.807, 2.05) is 60.1 Å². The first-order valence-corrected chi connectivity index (χ1v) is 10.1. The van der Waals surface area contributed by atoms with Crippen LogP contribution >= 0.6 is 23.4 Å². The zero-order valence-electron chi connectivity index (χ0n) is 15.7. The Kier molecular flexibility index (Phi) is 6.95. The molecule has 6 nitrogen and oxygen atoms in total. The van der Waals surface area contributed by atoms with Gasteiger partial charge < -0.3 is 14.6 Å². The van der Waals surface area contributed by atoms with Crippen LogP contribution in [0.3, 0.4) is 0 Å². The van der Waals surface area contributed by atoms with Gasteiger partial charge >= 0.3 is 0 Å². The predicted octanol–water partition coefficient (Wildman–Crippen LogP) is 3.63. The molecule has 0 fully saturated rings. The minimum Gasteiger partial charge on any atom is -0.497 e. The van der Waals surface area contributed by atoms with Gasteiger partial charge in [0.25, 0.3) is 0 Å². The van der Waals surface area contributed by atoms with Crippen LogP contribution in [0.1, 0.15) is 17.0 Å². The Morgan fingerprint density at radius 1 is 1.11 bits per heavy atom. The molecule has 0 aliphatic heterocycles. The second kappa shape index (κ2) is 9.61. The smallest absolute Gasteiger partial charge is 0.224 e. The molecule has 0 atom stereocenters. The van der Waals surface area contributed by atoms with Gasteiger partial charge in [-0.25, -0.2) is 0 Å². The van der Waals surface area contributed by atoms with E-state index in [1.165, 1.54) is 0 Å². The van der Waals surface area contributed by atoms with Crippen molar-refractivity contribution in [2.75, 3.05) is 7.11 Å². The van der Waals surface area contributed by atoms with Crippen LogP contribution in [0.15, 0.2) is 53.7 Å². The number of hydrogen-bond donors (Lipinski definition) is 1. The molecule has 28 heavy (non-hydrogen) atoms. The van der Waals surface area contributed by atoms with Crippen molar-refractivity contribution in [2.24, 2.45) is 7.05 Å². The molecule has 0 saturated carbocycles.